The summed E-state index contributed by atoms with van der Waals surface area (Å²) in [5.74, 6) is 0.376. The van der Waals surface area contributed by atoms with Gasteiger partial charge >= 0.3 is 0 Å². The molecule has 2 aromatic rings. The summed E-state index contributed by atoms with van der Waals surface area (Å²) in [7, 11) is 0. The molecule has 1 fully saturated rings. The summed E-state index contributed by atoms with van der Waals surface area (Å²) in [5.41, 5.74) is 8.14. The van der Waals surface area contributed by atoms with Crippen molar-refractivity contribution in [2.24, 2.45) is 0 Å². The van der Waals surface area contributed by atoms with E-state index in [-0.39, 0.29) is 23.0 Å². The number of anilines is 2. The van der Waals surface area contributed by atoms with Crippen LogP contribution in [0.25, 0.3) is 0 Å². The second-order valence-electron chi connectivity index (χ2n) is 8.52. The number of phenols is 1. The van der Waals surface area contributed by atoms with Crippen LogP contribution in [0.4, 0.5) is 11.4 Å². The third-order valence-electron chi connectivity index (χ3n) is 5.84. The minimum Gasteiger partial charge on any atom is -0.502 e. The zero-order chi connectivity index (χ0) is 24.3. The molecule has 0 aromatic heterocycles. The minimum absolute atomic E-state index is 0.0495. The second-order valence-corrected chi connectivity index (χ2v) is 8.52. The molecule has 1 heterocycles. The first-order valence-corrected chi connectivity index (χ1v) is 12.2. The van der Waals surface area contributed by atoms with E-state index in [1.807, 2.05) is 30.5 Å². The van der Waals surface area contributed by atoms with E-state index < -0.39 is 0 Å². The van der Waals surface area contributed by atoms with Crippen molar-refractivity contribution in [2.75, 3.05) is 50.0 Å². The molecule has 34 heavy (non-hydrogen) atoms. The van der Waals surface area contributed by atoms with Crippen molar-refractivity contribution in [3.8, 4) is 17.2 Å². The van der Waals surface area contributed by atoms with Gasteiger partial charge in [0.05, 0.1) is 13.2 Å². The van der Waals surface area contributed by atoms with E-state index >= 15 is 0 Å². The fourth-order valence-corrected chi connectivity index (χ4v) is 3.68. The molecule has 7 nitrogen and oxygen atoms in total. The number of piperazine rings is 1. The molecule has 1 aliphatic rings. The Morgan fingerprint density at radius 2 is 1.53 bits per heavy atom. The maximum absolute atomic E-state index is 13.0. The first-order valence-electron chi connectivity index (χ1n) is 12.2. The molecular weight excluding hydrogens is 430 g/mol. The van der Waals surface area contributed by atoms with Gasteiger partial charge in [0.1, 0.15) is 0 Å². The van der Waals surface area contributed by atoms with Crippen LogP contribution in [0.15, 0.2) is 48.7 Å². The number of benzene rings is 2. The SMILES string of the molecule is CCCCOc1cc(C(=O)C=CN2CCN(c3ccc(N)cc3)CC2)cc(OCCCC)c1O. The van der Waals surface area contributed by atoms with Crippen LogP contribution in [0.3, 0.4) is 0 Å². The molecule has 0 saturated carbocycles. The summed E-state index contributed by atoms with van der Waals surface area (Å²) in [6.45, 7) is 8.47. The van der Waals surface area contributed by atoms with E-state index in [1.54, 1.807) is 18.2 Å². The van der Waals surface area contributed by atoms with Crippen molar-refractivity contribution in [1.82, 2.24) is 4.90 Å². The highest BCUT2D eigenvalue weighted by molar-refractivity contribution is 6.05. The number of aromatic hydroxyl groups is 1. The summed E-state index contributed by atoms with van der Waals surface area (Å²) < 4.78 is 11.5. The Labute approximate surface area is 202 Å². The number of ketones is 1. The van der Waals surface area contributed by atoms with Gasteiger partial charge in [0.25, 0.3) is 0 Å². The monoisotopic (exact) mass is 467 g/mol. The van der Waals surface area contributed by atoms with E-state index in [4.69, 9.17) is 15.2 Å². The van der Waals surface area contributed by atoms with E-state index in [0.717, 1.165) is 63.2 Å². The molecule has 0 bridgehead atoms. The van der Waals surface area contributed by atoms with Crippen LogP contribution >= 0.6 is 0 Å². The van der Waals surface area contributed by atoms with E-state index in [0.29, 0.717) is 18.8 Å². The molecule has 0 radical (unpaired) electrons. The van der Waals surface area contributed by atoms with Crippen molar-refractivity contribution in [3.05, 3.63) is 54.2 Å². The number of rotatable bonds is 12. The third-order valence-corrected chi connectivity index (χ3v) is 5.84. The highest BCUT2D eigenvalue weighted by atomic mass is 16.5. The Hall–Kier alpha value is -3.35. The highest BCUT2D eigenvalue weighted by Gasteiger charge is 2.18. The normalized spacial score (nSPS) is 13.9. The summed E-state index contributed by atoms with van der Waals surface area (Å²) >= 11 is 0. The van der Waals surface area contributed by atoms with Crippen molar-refractivity contribution in [2.45, 2.75) is 39.5 Å². The molecule has 3 N–H and O–H groups in total. The van der Waals surface area contributed by atoms with E-state index in [2.05, 4.69) is 23.6 Å². The Bertz CT molecular complexity index is 920. The smallest absolute Gasteiger partial charge is 0.200 e. The number of nitrogen functional groups attached to an aromatic ring is 1. The van der Waals surface area contributed by atoms with Gasteiger partial charge in [-0.1, -0.05) is 26.7 Å². The van der Waals surface area contributed by atoms with Crippen molar-refractivity contribution >= 4 is 17.2 Å². The maximum Gasteiger partial charge on any atom is 0.200 e. The van der Waals surface area contributed by atoms with Crippen LogP contribution in [0.5, 0.6) is 17.2 Å². The first-order chi connectivity index (χ1) is 16.5. The zero-order valence-corrected chi connectivity index (χ0v) is 20.3. The lowest BCUT2D eigenvalue weighted by atomic mass is 10.1. The van der Waals surface area contributed by atoms with Gasteiger partial charge in [0, 0.05) is 55.4 Å². The molecule has 1 aliphatic heterocycles. The minimum atomic E-state index is -0.151. The number of hydrogen-bond acceptors (Lipinski definition) is 7. The van der Waals surface area contributed by atoms with Crippen LogP contribution in [-0.2, 0) is 0 Å². The summed E-state index contributed by atoms with van der Waals surface area (Å²) in [4.78, 5) is 17.4. The molecule has 7 heteroatoms. The standard InChI is InChI=1S/C27H37N3O4/c1-3-5-17-33-25-19-21(20-26(27(25)32)34-18-6-4-2)24(31)11-12-29-13-15-30(16-14-29)23-9-7-22(28)8-10-23/h7-12,19-20,32H,3-6,13-18,28H2,1-2H3. The van der Waals surface area contributed by atoms with Crippen molar-refractivity contribution in [1.29, 1.82) is 0 Å². The molecular formula is C27H37N3O4. The molecule has 2 aromatic carbocycles. The molecule has 0 atom stereocenters. The second kappa shape index (κ2) is 12.8. The number of phenolic OH excluding ortho intramolecular Hbond substituents is 1. The zero-order valence-electron chi connectivity index (χ0n) is 20.3. The van der Waals surface area contributed by atoms with Gasteiger partial charge in [-0.15, -0.1) is 0 Å². The Kier molecular flexibility index (Phi) is 9.50. The van der Waals surface area contributed by atoms with Crippen molar-refractivity contribution < 1.29 is 19.4 Å². The quantitative estimate of drug-likeness (QED) is 0.200. The van der Waals surface area contributed by atoms with Crippen LogP contribution in [-0.4, -0.2) is 55.2 Å². The molecule has 3 rings (SSSR count). The van der Waals surface area contributed by atoms with Gasteiger partial charge in [0.2, 0.25) is 5.75 Å². The topological polar surface area (TPSA) is 88.3 Å². The van der Waals surface area contributed by atoms with Gasteiger partial charge in [-0.25, -0.2) is 0 Å². The Morgan fingerprint density at radius 1 is 0.971 bits per heavy atom. The van der Waals surface area contributed by atoms with Crippen LogP contribution in [0.1, 0.15) is 49.9 Å². The number of carbonyl (C=O) groups is 1. The number of hydrogen-bond donors (Lipinski definition) is 2. The van der Waals surface area contributed by atoms with E-state index in [9.17, 15) is 9.90 Å². The molecule has 184 valence electrons. The van der Waals surface area contributed by atoms with Crippen LogP contribution in [0, 0.1) is 0 Å². The molecule has 0 unspecified atom stereocenters. The number of nitrogens with two attached hydrogens (primary N) is 1. The molecule has 1 saturated heterocycles. The van der Waals surface area contributed by atoms with Gasteiger partial charge in [-0.05, 0) is 49.2 Å². The van der Waals surface area contributed by atoms with E-state index in [1.165, 1.54) is 0 Å². The molecule has 0 spiro atoms. The average molecular weight is 468 g/mol. The Morgan fingerprint density at radius 3 is 2.06 bits per heavy atom. The highest BCUT2D eigenvalue weighted by Crippen LogP contribution is 2.38. The number of allylic oxidation sites excluding steroid dienone is 1. The maximum atomic E-state index is 13.0. The predicted molar refractivity (Wildman–Crippen MR) is 137 cm³/mol. The lowest BCUT2D eigenvalue weighted by Gasteiger charge is -2.35. The fraction of sp³-hybridized carbons (Fsp3) is 0.444. The number of unbranched alkanes of at least 4 members (excludes halogenated alkanes) is 2. The summed E-state index contributed by atoms with van der Waals surface area (Å²) in [5, 5.41) is 10.6. The number of carbonyl (C=O) groups excluding carboxylic acids is 1. The van der Waals surface area contributed by atoms with Gasteiger partial charge < -0.3 is 30.1 Å². The predicted octanol–water partition coefficient (Wildman–Crippen LogP) is 4.85. The number of ether oxygens (including phenoxy) is 2. The van der Waals surface area contributed by atoms with Crippen molar-refractivity contribution in [3.63, 3.8) is 0 Å². The average Bonchev–Trinajstić information content (AvgIpc) is 2.85. The van der Waals surface area contributed by atoms with Gasteiger partial charge in [-0.3, -0.25) is 4.79 Å². The fourth-order valence-electron chi connectivity index (χ4n) is 3.68. The first kappa shape index (κ1) is 25.3. The summed E-state index contributed by atoms with van der Waals surface area (Å²) in [6, 6.07) is 11.1. The molecule has 0 amide bonds. The lowest BCUT2D eigenvalue weighted by molar-refractivity contribution is 0.104. The molecule has 0 aliphatic carbocycles. The summed E-state index contributed by atoms with van der Waals surface area (Å²) in [6.07, 6.45) is 7.13. The number of nitrogens with zero attached hydrogens (tertiary/aromatic N) is 2. The third kappa shape index (κ3) is 7.07. The largest absolute Gasteiger partial charge is 0.502 e. The Balaban J connectivity index is 1.64. The van der Waals surface area contributed by atoms with Gasteiger partial charge in [0.15, 0.2) is 17.3 Å². The van der Waals surface area contributed by atoms with Crippen LogP contribution in [0.2, 0.25) is 0 Å². The van der Waals surface area contributed by atoms with Crippen LogP contribution < -0.4 is 20.1 Å². The van der Waals surface area contributed by atoms with Gasteiger partial charge in [-0.2, -0.15) is 0 Å². The lowest BCUT2D eigenvalue weighted by Crippen LogP contribution is -2.44.